The second-order valence-electron chi connectivity index (χ2n) is 7.81. The van der Waals surface area contributed by atoms with E-state index in [0.29, 0.717) is 0 Å². The number of benzene rings is 2. The first-order valence-corrected chi connectivity index (χ1v) is 11.7. The van der Waals surface area contributed by atoms with E-state index in [1.165, 1.54) is 46.2 Å². The van der Waals surface area contributed by atoms with Crippen molar-refractivity contribution >= 4 is 33.2 Å². The van der Waals surface area contributed by atoms with Crippen LogP contribution in [0.25, 0.3) is 0 Å². The summed E-state index contributed by atoms with van der Waals surface area (Å²) < 4.78 is 41.1. The molecule has 0 spiro atoms. The maximum absolute atomic E-state index is 14.1. The predicted octanol–water partition coefficient (Wildman–Crippen LogP) is 1.62. The van der Waals surface area contributed by atoms with Gasteiger partial charge in [-0.05, 0) is 18.2 Å². The van der Waals surface area contributed by atoms with E-state index in [0.717, 1.165) is 10.4 Å². The molecule has 0 saturated carbocycles. The van der Waals surface area contributed by atoms with Crippen LogP contribution in [0.4, 0.5) is 15.8 Å². The normalized spacial score (nSPS) is 19.7. The van der Waals surface area contributed by atoms with Crippen LogP contribution in [0.15, 0.2) is 53.4 Å². The average Bonchev–Trinajstić information content (AvgIpc) is 3.20. The van der Waals surface area contributed by atoms with Gasteiger partial charge in [0.2, 0.25) is 21.8 Å². The number of anilines is 1. The van der Waals surface area contributed by atoms with Gasteiger partial charge in [-0.3, -0.25) is 19.7 Å². The van der Waals surface area contributed by atoms with Crippen LogP contribution in [-0.2, 0) is 19.6 Å². The van der Waals surface area contributed by atoms with Gasteiger partial charge in [-0.2, -0.15) is 4.31 Å². The first-order valence-electron chi connectivity index (χ1n) is 10.3. The summed E-state index contributed by atoms with van der Waals surface area (Å²) in [5, 5.41) is 11.2. The highest BCUT2D eigenvalue weighted by molar-refractivity contribution is 7.89. The Labute approximate surface area is 189 Å². The van der Waals surface area contributed by atoms with Crippen molar-refractivity contribution < 1.29 is 27.3 Å². The maximum Gasteiger partial charge on any atom is 0.289 e. The summed E-state index contributed by atoms with van der Waals surface area (Å²) in [6.07, 6.45) is -0.0537. The molecule has 0 radical (unpaired) electrons. The third kappa shape index (κ3) is 4.31. The van der Waals surface area contributed by atoms with Gasteiger partial charge < -0.3 is 9.80 Å². The van der Waals surface area contributed by atoms with Crippen LogP contribution in [0.5, 0.6) is 0 Å². The number of piperazine rings is 1. The lowest BCUT2D eigenvalue weighted by Gasteiger charge is -2.35. The standard InChI is InChI=1S/C21H21FN4O6S/c22-16-5-1-2-6-17(16)25-14-15(13-20(25)27)21(28)23-9-11-24(12-10-23)33(31,32)19-8-4-3-7-18(19)26(29)30/h1-8,15H,9-14H2. The second-order valence-corrected chi connectivity index (χ2v) is 9.72. The summed E-state index contributed by atoms with van der Waals surface area (Å²) in [5.74, 6) is -1.86. The molecule has 174 valence electrons. The van der Waals surface area contributed by atoms with E-state index in [9.17, 15) is 32.5 Å². The molecule has 0 aromatic heterocycles. The van der Waals surface area contributed by atoms with Crippen LogP contribution in [0.1, 0.15) is 6.42 Å². The van der Waals surface area contributed by atoms with Crippen molar-refractivity contribution in [2.75, 3.05) is 37.6 Å². The van der Waals surface area contributed by atoms with Gasteiger partial charge in [-0.15, -0.1) is 0 Å². The summed E-state index contributed by atoms with van der Waals surface area (Å²) in [4.78, 5) is 38.2. The molecule has 1 unspecified atom stereocenters. The molecule has 0 aliphatic carbocycles. The van der Waals surface area contributed by atoms with Crippen LogP contribution in [-0.4, -0.2) is 67.1 Å². The Bertz CT molecular complexity index is 1210. The lowest BCUT2D eigenvalue weighted by molar-refractivity contribution is -0.387. The van der Waals surface area contributed by atoms with Crippen LogP contribution >= 0.6 is 0 Å². The number of carbonyl (C=O) groups excluding carboxylic acids is 2. The third-order valence-corrected chi connectivity index (χ3v) is 7.79. The number of amides is 2. The van der Waals surface area contributed by atoms with E-state index in [-0.39, 0.29) is 56.6 Å². The third-order valence-electron chi connectivity index (χ3n) is 5.85. The van der Waals surface area contributed by atoms with Crippen molar-refractivity contribution in [2.45, 2.75) is 11.3 Å². The average molecular weight is 476 g/mol. The number of halogens is 1. The van der Waals surface area contributed by atoms with Gasteiger partial charge >= 0.3 is 0 Å². The van der Waals surface area contributed by atoms with Crippen molar-refractivity contribution in [2.24, 2.45) is 5.92 Å². The van der Waals surface area contributed by atoms with E-state index < -0.39 is 37.3 Å². The molecule has 2 aliphatic rings. The Morgan fingerprint density at radius 1 is 1.03 bits per heavy atom. The molecule has 2 heterocycles. The van der Waals surface area contributed by atoms with Crippen molar-refractivity contribution in [1.29, 1.82) is 0 Å². The van der Waals surface area contributed by atoms with Crippen LogP contribution < -0.4 is 4.90 Å². The monoisotopic (exact) mass is 476 g/mol. The molecular formula is C21H21FN4O6S. The molecule has 0 N–H and O–H groups in total. The molecule has 4 rings (SSSR count). The smallest absolute Gasteiger partial charge is 0.289 e. The highest BCUT2D eigenvalue weighted by atomic mass is 32.2. The Hall–Kier alpha value is -3.38. The van der Waals surface area contributed by atoms with E-state index >= 15 is 0 Å². The summed E-state index contributed by atoms with van der Waals surface area (Å²) in [7, 11) is -4.11. The lowest BCUT2D eigenvalue weighted by atomic mass is 10.1. The van der Waals surface area contributed by atoms with E-state index in [2.05, 4.69) is 0 Å². The highest BCUT2D eigenvalue weighted by Gasteiger charge is 2.40. The number of para-hydroxylation sites is 2. The summed E-state index contributed by atoms with van der Waals surface area (Å²) in [5.41, 5.74) is -0.383. The molecule has 1 atom stereocenters. The van der Waals surface area contributed by atoms with Gasteiger partial charge in [0.25, 0.3) is 5.69 Å². The molecule has 2 aromatic rings. The van der Waals surface area contributed by atoms with Crippen molar-refractivity contribution in [3.63, 3.8) is 0 Å². The van der Waals surface area contributed by atoms with Gasteiger partial charge in [0.1, 0.15) is 5.82 Å². The number of sulfonamides is 1. The lowest BCUT2D eigenvalue weighted by Crippen LogP contribution is -2.52. The van der Waals surface area contributed by atoms with E-state index in [4.69, 9.17) is 0 Å². The molecule has 33 heavy (non-hydrogen) atoms. The Kier molecular flexibility index (Phi) is 6.13. The fraction of sp³-hybridized carbons (Fsp3) is 0.333. The van der Waals surface area contributed by atoms with Crippen molar-refractivity contribution in [3.05, 3.63) is 64.5 Å². The fourth-order valence-electron chi connectivity index (χ4n) is 4.15. The van der Waals surface area contributed by atoms with Crippen molar-refractivity contribution in [3.8, 4) is 0 Å². The maximum atomic E-state index is 14.1. The Morgan fingerprint density at radius 3 is 2.33 bits per heavy atom. The number of rotatable bonds is 5. The molecule has 2 aliphatic heterocycles. The van der Waals surface area contributed by atoms with Gasteiger partial charge in [-0.1, -0.05) is 24.3 Å². The molecule has 0 bridgehead atoms. The SMILES string of the molecule is O=C(C1CC(=O)N(c2ccccc2F)C1)N1CCN(S(=O)(=O)c2ccccc2[N+](=O)[O-])CC1. The number of nitro groups is 1. The van der Waals surface area contributed by atoms with E-state index in [1.807, 2.05) is 0 Å². The molecule has 2 saturated heterocycles. The van der Waals surface area contributed by atoms with Gasteiger partial charge in [0.05, 0.1) is 16.5 Å². The molecular weight excluding hydrogens is 455 g/mol. The fourth-order valence-corrected chi connectivity index (χ4v) is 5.73. The van der Waals surface area contributed by atoms with Crippen LogP contribution in [0.3, 0.4) is 0 Å². The quantitative estimate of drug-likeness (QED) is 0.478. The Balaban J connectivity index is 1.42. The predicted molar refractivity (Wildman–Crippen MR) is 115 cm³/mol. The number of hydrogen-bond acceptors (Lipinski definition) is 6. The molecule has 12 heteroatoms. The highest BCUT2D eigenvalue weighted by Crippen LogP contribution is 2.30. The van der Waals surface area contributed by atoms with E-state index in [1.54, 1.807) is 6.07 Å². The minimum absolute atomic E-state index is 0.0299. The number of nitro benzene ring substituents is 1. The van der Waals surface area contributed by atoms with Crippen LogP contribution in [0.2, 0.25) is 0 Å². The topological polar surface area (TPSA) is 121 Å². The zero-order valence-electron chi connectivity index (χ0n) is 17.5. The number of nitrogens with zero attached hydrogens (tertiary/aromatic N) is 4. The van der Waals surface area contributed by atoms with Crippen molar-refractivity contribution in [1.82, 2.24) is 9.21 Å². The zero-order chi connectivity index (χ0) is 23.8. The van der Waals surface area contributed by atoms with Gasteiger partial charge in [0, 0.05) is 45.2 Å². The minimum atomic E-state index is -4.11. The largest absolute Gasteiger partial charge is 0.340 e. The number of hydrogen-bond donors (Lipinski definition) is 0. The zero-order valence-corrected chi connectivity index (χ0v) is 18.3. The number of carbonyl (C=O) groups is 2. The van der Waals surface area contributed by atoms with Gasteiger partial charge in [0.15, 0.2) is 4.90 Å². The molecule has 2 aromatic carbocycles. The molecule has 2 fully saturated rings. The van der Waals surface area contributed by atoms with Gasteiger partial charge in [-0.25, -0.2) is 12.8 Å². The molecule has 10 nitrogen and oxygen atoms in total. The summed E-state index contributed by atoms with van der Waals surface area (Å²) in [6.45, 7) is 0.162. The Morgan fingerprint density at radius 2 is 1.67 bits per heavy atom. The first kappa shape index (κ1) is 22.8. The summed E-state index contributed by atoms with van der Waals surface area (Å²) >= 11 is 0. The molecule has 2 amide bonds. The summed E-state index contributed by atoms with van der Waals surface area (Å²) in [6, 6.07) is 11.0. The second kappa shape index (κ2) is 8.87. The van der Waals surface area contributed by atoms with Crippen LogP contribution in [0, 0.1) is 21.8 Å². The first-order chi connectivity index (χ1) is 15.7. The minimum Gasteiger partial charge on any atom is -0.340 e.